The van der Waals surface area contributed by atoms with Crippen LogP contribution in [0, 0.1) is 17.0 Å². The van der Waals surface area contributed by atoms with Crippen LogP contribution in [0.1, 0.15) is 5.82 Å². The normalized spacial score (nSPS) is 19.5. The summed E-state index contributed by atoms with van der Waals surface area (Å²) in [6.07, 6.45) is -0.983. The number of morpholine rings is 1. The number of carboxylic acid groups (broad SMARTS) is 1. The first-order valence-corrected chi connectivity index (χ1v) is 5.69. The summed E-state index contributed by atoms with van der Waals surface area (Å²) < 4.78 is 6.68. The average Bonchev–Trinajstić information content (AvgIpc) is 2.66. The molecule has 0 aromatic carbocycles. The number of nitrogens with zero attached hydrogens (tertiary/aromatic N) is 4. The van der Waals surface area contributed by atoms with E-state index in [9.17, 15) is 14.9 Å². The molecule has 9 nitrogen and oxygen atoms in total. The van der Waals surface area contributed by atoms with Gasteiger partial charge in [-0.15, -0.1) is 0 Å². The fraction of sp³-hybridized carbons (Fsp3) is 0.600. The van der Waals surface area contributed by atoms with Crippen molar-refractivity contribution in [2.45, 2.75) is 13.0 Å². The van der Waals surface area contributed by atoms with Gasteiger partial charge in [0.1, 0.15) is 0 Å². The molecule has 0 bridgehead atoms. The zero-order chi connectivity index (χ0) is 14.2. The molecule has 0 amide bonds. The number of aliphatic carboxylic acids is 1. The molecule has 1 N–H and O–H groups in total. The van der Waals surface area contributed by atoms with Gasteiger partial charge in [-0.3, -0.25) is 4.57 Å². The van der Waals surface area contributed by atoms with E-state index in [1.165, 1.54) is 0 Å². The second-order valence-electron chi connectivity index (χ2n) is 4.27. The number of carboxylic acids is 1. The van der Waals surface area contributed by atoms with Crippen LogP contribution in [0.5, 0.6) is 0 Å². The van der Waals surface area contributed by atoms with E-state index in [1.54, 1.807) is 23.4 Å². The zero-order valence-electron chi connectivity index (χ0n) is 10.6. The highest BCUT2D eigenvalue weighted by Crippen LogP contribution is 2.29. The molecule has 0 saturated carbocycles. The van der Waals surface area contributed by atoms with Gasteiger partial charge in [0.25, 0.3) is 0 Å². The average molecular weight is 270 g/mol. The molecular weight excluding hydrogens is 256 g/mol. The number of ether oxygens (including phenoxy) is 1. The monoisotopic (exact) mass is 270 g/mol. The van der Waals surface area contributed by atoms with Gasteiger partial charge in [0.05, 0.1) is 13.2 Å². The fourth-order valence-corrected chi connectivity index (χ4v) is 2.05. The third-order valence-corrected chi connectivity index (χ3v) is 3.09. The molecule has 104 valence electrons. The minimum absolute atomic E-state index is 0.0646. The molecule has 1 aliphatic rings. The maximum atomic E-state index is 11.0. The Morgan fingerprint density at radius 2 is 2.32 bits per heavy atom. The zero-order valence-corrected chi connectivity index (χ0v) is 10.6. The molecule has 0 radical (unpaired) electrons. The molecule has 1 unspecified atom stereocenters. The van der Waals surface area contributed by atoms with Crippen LogP contribution >= 0.6 is 0 Å². The van der Waals surface area contributed by atoms with E-state index in [-0.39, 0.29) is 19.0 Å². The highest BCUT2D eigenvalue weighted by atomic mass is 16.6. The number of aromatic nitrogens is 2. The number of aryl methyl sites for hydroxylation is 1. The minimum Gasteiger partial charge on any atom is -0.479 e. The maximum absolute atomic E-state index is 11.0. The van der Waals surface area contributed by atoms with Gasteiger partial charge in [-0.2, -0.15) is 0 Å². The van der Waals surface area contributed by atoms with Gasteiger partial charge in [-0.25, -0.2) is 4.79 Å². The van der Waals surface area contributed by atoms with Gasteiger partial charge in [-0.05, 0) is 9.91 Å². The molecule has 9 heteroatoms. The first-order valence-electron chi connectivity index (χ1n) is 5.69. The summed E-state index contributed by atoms with van der Waals surface area (Å²) >= 11 is 0. The van der Waals surface area contributed by atoms with Crippen molar-refractivity contribution >= 4 is 17.6 Å². The van der Waals surface area contributed by atoms with Gasteiger partial charge >= 0.3 is 11.8 Å². The molecule has 19 heavy (non-hydrogen) atoms. The lowest BCUT2D eigenvalue weighted by Gasteiger charge is -2.31. The van der Waals surface area contributed by atoms with E-state index in [2.05, 4.69) is 4.98 Å². The summed E-state index contributed by atoms with van der Waals surface area (Å²) in [4.78, 5) is 26.9. The second kappa shape index (κ2) is 4.84. The molecule has 1 saturated heterocycles. The first-order chi connectivity index (χ1) is 8.91. The van der Waals surface area contributed by atoms with Crippen LogP contribution in [0.15, 0.2) is 0 Å². The fourth-order valence-electron chi connectivity index (χ4n) is 2.05. The highest BCUT2D eigenvalue weighted by molar-refractivity contribution is 5.74. The molecule has 2 rings (SSSR count). The largest absolute Gasteiger partial charge is 0.479 e. The summed E-state index contributed by atoms with van der Waals surface area (Å²) in [6.45, 7) is 2.32. The van der Waals surface area contributed by atoms with Crippen LogP contribution in [0.3, 0.4) is 0 Å². The third kappa shape index (κ3) is 2.36. The van der Waals surface area contributed by atoms with Crippen molar-refractivity contribution in [2.75, 3.05) is 24.6 Å². The summed E-state index contributed by atoms with van der Waals surface area (Å²) in [5.41, 5.74) is 0. The van der Waals surface area contributed by atoms with Crippen LogP contribution in [-0.2, 0) is 16.6 Å². The summed E-state index contributed by atoms with van der Waals surface area (Å²) in [6, 6.07) is 0. The van der Waals surface area contributed by atoms with Gasteiger partial charge in [0.15, 0.2) is 6.10 Å². The van der Waals surface area contributed by atoms with Crippen LogP contribution in [0.2, 0.25) is 0 Å². The highest BCUT2D eigenvalue weighted by Gasteiger charge is 2.34. The van der Waals surface area contributed by atoms with Crippen molar-refractivity contribution in [2.24, 2.45) is 7.05 Å². The van der Waals surface area contributed by atoms with E-state index >= 15 is 0 Å². The Balaban J connectivity index is 2.35. The Bertz CT molecular complexity index is 526. The Kier molecular flexibility index (Phi) is 3.38. The van der Waals surface area contributed by atoms with Crippen molar-refractivity contribution in [3.8, 4) is 0 Å². The van der Waals surface area contributed by atoms with E-state index in [0.29, 0.717) is 18.2 Å². The van der Waals surface area contributed by atoms with E-state index in [1.807, 2.05) is 0 Å². The van der Waals surface area contributed by atoms with Crippen LogP contribution in [-0.4, -0.2) is 51.4 Å². The molecular formula is C10H14N4O5. The lowest BCUT2D eigenvalue weighted by Crippen LogP contribution is -2.46. The lowest BCUT2D eigenvalue weighted by atomic mass is 10.2. The molecule has 0 spiro atoms. The standard InChI is InChI=1S/C10H14N4O5/c1-6-11-8(14(17)18)9(12(6)2)13-3-4-19-7(5-13)10(15)16/h7H,3-5H2,1-2H3,(H,15,16). The Morgan fingerprint density at radius 3 is 2.89 bits per heavy atom. The first kappa shape index (κ1) is 13.3. The number of carbonyl (C=O) groups is 1. The molecule has 2 heterocycles. The predicted octanol–water partition coefficient (Wildman–Crippen LogP) is -0.0735. The van der Waals surface area contributed by atoms with Crippen molar-refractivity contribution in [1.29, 1.82) is 0 Å². The number of nitro groups is 1. The SMILES string of the molecule is Cc1nc([N+](=O)[O-])c(N2CCOC(C(=O)O)C2)n1C. The van der Waals surface area contributed by atoms with Crippen molar-refractivity contribution < 1.29 is 19.6 Å². The molecule has 1 aromatic rings. The van der Waals surface area contributed by atoms with E-state index in [4.69, 9.17) is 9.84 Å². The topological polar surface area (TPSA) is 111 Å². The number of imidazole rings is 1. The predicted molar refractivity (Wildman–Crippen MR) is 64.2 cm³/mol. The molecule has 0 aliphatic carbocycles. The molecule has 1 atom stereocenters. The smallest absolute Gasteiger partial charge is 0.406 e. The van der Waals surface area contributed by atoms with Crippen LogP contribution in [0.4, 0.5) is 11.6 Å². The Hall–Kier alpha value is -2.16. The van der Waals surface area contributed by atoms with Gasteiger partial charge < -0.3 is 24.9 Å². The molecule has 1 aromatic heterocycles. The number of hydrogen-bond donors (Lipinski definition) is 1. The quantitative estimate of drug-likeness (QED) is 0.604. The minimum atomic E-state index is -1.08. The number of rotatable bonds is 3. The Morgan fingerprint density at radius 1 is 1.63 bits per heavy atom. The molecule has 1 aliphatic heterocycles. The van der Waals surface area contributed by atoms with Gasteiger partial charge in [-0.1, -0.05) is 0 Å². The van der Waals surface area contributed by atoms with Crippen LogP contribution < -0.4 is 4.90 Å². The third-order valence-electron chi connectivity index (χ3n) is 3.09. The Labute approximate surface area is 108 Å². The summed E-state index contributed by atoms with van der Waals surface area (Å²) in [5.74, 6) is -0.519. The van der Waals surface area contributed by atoms with Crippen LogP contribution in [0.25, 0.3) is 0 Å². The molecule has 1 fully saturated rings. The van der Waals surface area contributed by atoms with Crippen molar-refractivity contribution in [3.05, 3.63) is 15.9 Å². The van der Waals surface area contributed by atoms with Gasteiger partial charge in [0.2, 0.25) is 11.6 Å². The maximum Gasteiger partial charge on any atom is 0.406 e. The van der Waals surface area contributed by atoms with Crippen molar-refractivity contribution in [1.82, 2.24) is 9.55 Å². The summed E-state index contributed by atoms with van der Waals surface area (Å²) in [5, 5.41) is 19.9. The van der Waals surface area contributed by atoms with Crippen molar-refractivity contribution in [3.63, 3.8) is 0 Å². The number of anilines is 1. The number of hydrogen-bond acceptors (Lipinski definition) is 6. The lowest BCUT2D eigenvalue weighted by molar-refractivity contribution is -0.388. The van der Waals surface area contributed by atoms with Gasteiger partial charge in [0, 0.05) is 20.5 Å². The summed E-state index contributed by atoms with van der Waals surface area (Å²) in [7, 11) is 1.66. The second-order valence-corrected chi connectivity index (χ2v) is 4.27. The van der Waals surface area contributed by atoms with E-state index in [0.717, 1.165) is 0 Å². The van der Waals surface area contributed by atoms with E-state index < -0.39 is 17.0 Å².